The molecule has 1 N–H and O–H groups in total. The number of para-hydroxylation sites is 2. The molecule has 1 aliphatic rings. The monoisotopic (exact) mass is 339 g/mol. The Labute approximate surface area is 144 Å². The summed E-state index contributed by atoms with van der Waals surface area (Å²) in [6.45, 7) is 0. The van der Waals surface area contributed by atoms with Crippen molar-refractivity contribution in [2.24, 2.45) is 4.99 Å². The summed E-state index contributed by atoms with van der Waals surface area (Å²) in [7, 11) is 1.68. The number of aliphatic imine (C=N–C) groups is 1. The van der Waals surface area contributed by atoms with E-state index in [2.05, 4.69) is 10.3 Å². The van der Waals surface area contributed by atoms with Crippen molar-refractivity contribution in [2.45, 2.75) is 11.7 Å². The number of carbonyl (C=O) groups excluding carboxylic acids is 2. The van der Waals surface area contributed by atoms with E-state index in [4.69, 9.17) is 0 Å². The third-order valence-electron chi connectivity index (χ3n) is 3.58. The van der Waals surface area contributed by atoms with Crippen LogP contribution in [-0.4, -0.2) is 34.2 Å². The van der Waals surface area contributed by atoms with Crippen LogP contribution in [0.25, 0.3) is 0 Å². The zero-order valence-electron chi connectivity index (χ0n) is 13.2. The number of carbonyl (C=O) groups is 2. The molecule has 1 aliphatic heterocycles. The Morgan fingerprint density at radius 1 is 1.12 bits per heavy atom. The Hall–Kier alpha value is -2.60. The van der Waals surface area contributed by atoms with Gasteiger partial charge in [0, 0.05) is 19.2 Å². The highest BCUT2D eigenvalue weighted by Crippen LogP contribution is 2.28. The molecule has 1 atom stereocenters. The van der Waals surface area contributed by atoms with Gasteiger partial charge in [-0.05, 0) is 24.3 Å². The number of thioether (sulfide) groups is 1. The van der Waals surface area contributed by atoms with Crippen LogP contribution >= 0.6 is 11.8 Å². The van der Waals surface area contributed by atoms with Gasteiger partial charge in [-0.2, -0.15) is 0 Å². The molecular formula is C18H17N3O2S. The highest BCUT2D eigenvalue weighted by Gasteiger charge is 2.34. The van der Waals surface area contributed by atoms with Crippen LogP contribution in [-0.2, 0) is 9.59 Å². The normalized spacial score (nSPS) is 19.4. The smallest absolute Gasteiger partial charge is 0.238 e. The predicted octanol–water partition coefficient (Wildman–Crippen LogP) is 3.28. The first-order chi connectivity index (χ1) is 11.6. The summed E-state index contributed by atoms with van der Waals surface area (Å²) >= 11 is 1.31. The second kappa shape index (κ2) is 7.31. The van der Waals surface area contributed by atoms with Crippen molar-refractivity contribution < 1.29 is 9.59 Å². The molecule has 1 saturated heterocycles. The van der Waals surface area contributed by atoms with Gasteiger partial charge >= 0.3 is 0 Å². The van der Waals surface area contributed by atoms with Gasteiger partial charge in [0.1, 0.15) is 5.25 Å². The van der Waals surface area contributed by atoms with Crippen molar-refractivity contribution in [3.63, 3.8) is 0 Å². The molecule has 122 valence electrons. The second-order valence-electron chi connectivity index (χ2n) is 5.35. The van der Waals surface area contributed by atoms with Crippen LogP contribution in [0.1, 0.15) is 6.42 Å². The van der Waals surface area contributed by atoms with Gasteiger partial charge in [0.05, 0.1) is 5.69 Å². The summed E-state index contributed by atoms with van der Waals surface area (Å²) in [6.07, 6.45) is 0.160. The maximum atomic E-state index is 12.5. The van der Waals surface area contributed by atoms with E-state index in [0.29, 0.717) is 5.17 Å². The van der Waals surface area contributed by atoms with Gasteiger partial charge in [-0.15, -0.1) is 0 Å². The number of benzene rings is 2. The third kappa shape index (κ3) is 3.83. The third-order valence-corrected chi connectivity index (χ3v) is 4.82. The molecule has 0 aliphatic carbocycles. The summed E-state index contributed by atoms with van der Waals surface area (Å²) in [5, 5.41) is 2.89. The van der Waals surface area contributed by atoms with Crippen LogP contribution in [0.2, 0.25) is 0 Å². The highest BCUT2D eigenvalue weighted by molar-refractivity contribution is 8.15. The highest BCUT2D eigenvalue weighted by atomic mass is 32.2. The zero-order chi connectivity index (χ0) is 16.9. The molecule has 3 rings (SSSR count). The molecule has 0 radical (unpaired) electrons. The molecule has 24 heavy (non-hydrogen) atoms. The molecule has 5 nitrogen and oxygen atoms in total. The number of rotatable bonds is 3. The first-order valence-electron chi connectivity index (χ1n) is 7.56. The maximum Gasteiger partial charge on any atom is 0.238 e. The first kappa shape index (κ1) is 16.3. The molecule has 1 unspecified atom stereocenters. The SMILES string of the molecule is CN1C(=O)CC(C(=O)Nc2ccccc2)SC1=Nc1ccccc1. The number of amidine groups is 1. The van der Waals surface area contributed by atoms with E-state index >= 15 is 0 Å². The lowest BCUT2D eigenvalue weighted by atomic mass is 10.2. The second-order valence-corrected chi connectivity index (χ2v) is 6.52. The molecular weight excluding hydrogens is 322 g/mol. The molecule has 0 aromatic heterocycles. The maximum absolute atomic E-state index is 12.5. The van der Waals surface area contributed by atoms with Crippen molar-refractivity contribution in [3.05, 3.63) is 60.7 Å². The van der Waals surface area contributed by atoms with E-state index in [1.165, 1.54) is 16.7 Å². The Kier molecular flexibility index (Phi) is 4.96. The number of amides is 2. The summed E-state index contributed by atoms with van der Waals surface area (Å²) in [5.41, 5.74) is 1.47. The number of hydrogen-bond donors (Lipinski definition) is 1. The Balaban J connectivity index is 1.77. The van der Waals surface area contributed by atoms with Crippen LogP contribution < -0.4 is 5.32 Å². The number of nitrogens with one attached hydrogen (secondary N) is 1. The van der Waals surface area contributed by atoms with Crippen LogP contribution in [0.5, 0.6) is 0 Å². The lowest BCUT2D eigenvalue weighted by molar-refractivity contribution is -0.128. The van der Waals surface area contributed by atoms with Gasteiger partial charge in [-0.25, -0.2) is 4.99 Å². The molecule has 2 aromatic carbocycles. The quantitative estimate of drug-likeness (QED) is 0.933. The Morgan fingerprint density at radius 3 is 2.42 bits per heavy atom. The van der Waals surface area contributed by atoms with Crippen molar-refractivity contribution >= 4 is 40.1 Å². The molecule has 0 saturated carbocycles. The molecule has 1 heterocycles. The van der Waals surface area contributed by atoms with Gasteiger partial charge in [0.25, 0.3) is 0 Å². The average Bonchev–Trinajstić information content (AvgIpc) is 2.60. The van der Waals surface area contributed by atoms with Crippen LogP contribution in [0.15, 0.2) is 65.7 Å². The fourth-order valence-electron chi connectivity index (χ4n) is 2.25. The van der Waals surface area contributed by atoms with E-state index < -0.39 is 5.25 Å². The van der Waals surface area contributed by atoms with Gasteiger partial charge in [-0.3, -0.25) is 14.5 Å². The lowest BCUT2D eigenvalue weighted by Gasteiger charge is -2.28. The van der Waals surface area contributed by atoms with E-state index in [0.717, 1.165) is 11.4 Å². The van der Waals surface area contributed by atoms with Crippen molar-refractivity contribution in [1.29, 1.82) is 0 Å². The standard InChI is InChI=1S/C18H17N3O2S/c1-21-16(22)12-15(17(23)19-13-8-4-2-5-9-13)24-18(21)20-14-10-6-3-7-11-14/h2-11,15H,12H2,1H3,(H,19,23). The van der Waals surface area contributed by atoms with Crippen LogP contribution in [0, 0.1) is 0 Å². The van der Waals surface area contributed by atoms with Gasteiger partial charge in [0.2, 0.25) is 11.8 Å². The minimum absolute atomic E-state index is 0.114. The fourth-order valence-corrected chi connectivity index (χ4v) is 3.32. The molecule has 2 amide bonds. The number of anilines is 1. The zero-order valence-corrected chi connectivity index (χ0v) is 14.0. The van der Waals surface area contributed by atoms with Crippen LogP contribution in [0.3, 0.4) is 0 Å². The minimum Gasteiger partial charge on any atom is -0.325 e. The topological polar surface area (TPSA) is 61.8 Å². The average molecular weight is 339 g/mol. The summed E-state index contributed by atoms with van der Waals surface area (Å²) in [6, 6.07) is 18.6. The summed E-state index contributed by atoms with van der Waals surface area (Å²) < 4.78 is 0. The van der Waals surface area contributed by atoms with Gasteiger partial charge < -0.3 is 5.32 Å². The van der Waals surface area contributed by atoms with Crippen LogP contribution in [0.4, 0.5) is 11.4 Å². The lowest BCUT2D eigenvalue weighted by Crippen LogP contribution is -2.43. The summed E-state index contributed by atoms with van der Waals surface area (Å²) in [4.78, 5) is 30.7. The fraction of sp³-hybridized carbons (Fsp3) is 0.167. The first-order valence-corrected chi connectivity index (χ1v) is 8.44. The molecule has 0 bridgehead atoms. The Morgan fingerprint density at radius 2 is 1.75 bits per heavy atom. The van der Waals surface area contributed by atoms with Gasteiger partial charge in [0.15, 0.2) is 5.17 Å². The van der Waals surface area contributed by atoms with E-state index in [-0.39, 0.29) is 18.2 Å². The van der Waals surface area contributed by atoms with E-state index in [1.54, 1.807) is 7.05 Å². The number of hydrogen-bond acceptors (Lipinski definition) is 4. The number of nitrogens with zero attached hydrogens (tertiary/aromatic N) is 2. The van der Waals surface area contributed by atoms with E-state index in [1.807, 2.05) is 60.7 Å². The molecule has 6 heteroatoms. The van der Waals surface area contributed by atoms with Crippen molar-refractivity contribution in [3.8, 4) is 0 Å². The summed E-state index contributed by atoms with van der Waals surface area (Å²) in [5.74, 6) is -0.301. The van der Waals surface area contributed by atoms with Gasteiger partial charge in [-0.1, -0.05) is 48.2 Å². The largest absolute Gasteiger partial charge is 0.325 e. The Bertz CT molecular complexity index is 762. The predicted molar refractivity (Wildman–Crippen MR) is 97.4 cm³/mol. The molecule has 0 spiro atoms. The minimum atomic E-state index is -0.489. The van der Waals surface area contributed by atoms with Crippen molar-refractivity contribution in [2.75, 3.05) is 12.4 Å². The molecule has 1 fully saturated rings. The van der Waals surface area contributed by atoms with Crippen molar-refractivity contribution in [1.82, 2.24) is 4.90 Å². The van der Waals surface area contributed by atoms with E-state index in [9.17, 15) is 9.59 Å². The molecule has 2 aromatic rings.